The fourth-order valence-electron chi connectivity index (χ4n) is 2.86. The van der Waals surface area contributed by atoms with Gasteiger partial charge in [0.1, 0.15) is 0 Å². The first-order valence-corrected chi connectivity index (χ1v) is 8.41. The smallest absolute Gasteiger partial charge is 0.0702 e. The maximum Gasteiger partial charge on any atom is 0.0702 e. The molecule has 1 atom stereocenters. The Morgan fingerprint density at radius 2 is 2.05 bits per heavy atom. The third kappa shape index (κ3) is 6.45. The predicted octanol–water partition coefficient (Wildman–Crippen LogP) is 4.41. The first-order chi connectivity index (χ1) is 10.4. The van der Waals surface area contributed by atoms with Gasteiger partial charge in [-0.1, -0.05) is 55.8 Å². The summed E-state index contributed by atoms with van der Waals surface area (Å²) < 4.78 is 5.91. The Hall–Kier alpha value is -1.12. The van der Waals surface area contributed by atoms with Crippen LogP contribution >= 0.6 is 0 Å². The van der Waals surface area contributed by atoms with E-state index in [9.17, 15) is 0 Å². The van der Waals surface area contributed by atoms with Gasteiger partial charge in [-0.15, -0.1) is 0 Å². The summed E-state index contributed by atoms with van der Waals surface area (Å²) in [6, 6.07) is 10.8. The molecule has 0 radical (unpaired) electrons. The molecule has 1 aliphatic rings. The van der Waals surface area contributed by atoms with Gasteiger partial charge in [0.15, 0.2) is 0 Å². The molecule has 1 aliphatic heterocycles. The summed E-state index contributed by atoms with van der Waals surface area (Å²) in [6.07, 6.45) is 11.1. The third-order valence-electron chi connectivity index (χ3n) is 4.02. The molecule has 2 nitrogen and oxygen atoms in total. The second-order valence-corrected chi connectivity index (χ2v) is 5.88. The minimum Gasteiger partial charge on any atom is -0.376 e. The number of hydrogen-bond donors (Lipinski definition) is 0. The number of nitrogens with zero attached hydrogens (tertiary/aromatic N) is 1. The number of hydrogen-bond acceptors (Lipinski definition) is 2. The van der Waals surface area contributed by atoms with Crippen molar-refractivity contribution in [1.82, 2.24) is 4.90 Å². The van der Waals surface area contributed by atoms with E-state index in [1.807, 2.05) is 0 Å². The minimum absolute atomic E-state index is 0.428. The van der Waals surface area contributed by atoms with Gasteiger partial charge in [0.05, 0.1) is 12.7 Å². The molecule has 0 unspecified atom stereocenters. The van der Waals surface area contributed by atoms with E-state index in [1.165, 1.54) is 31.2 Å². The van der Waals surface area contributed by atoms with Crippen LogP contribution < -0.4 is 0 Å². The van der Waals surface area contributed by atoms with E-state index in [0.29, 0.717) is 6.10 Å². The molecule has 21 heavy (non-hydrogen) atoms. The highest BCUT2D eigenvalue weighted by molar-refractivity contribution is 5.14. The fourth-order valence-corrected chi connectivity index (χ4v) is 2.86. The molecular formula is C19H29NO. The van der Waals surface area contributed by atoms with Crippen molar-refractivity contribution in [2.75, 3.05) is 19.7 Å². The van der Waals surface area contributed by atoms with Crippen LogP contribution in [0.2, 0.25) is 0 Å². The normalized spacial score (nSPS) is 20.1. The molecule has 1 saturated heterocycles. The number of ether oxygens (including phenoxy) is 1. The van der Waals surface area contributed by atoms with Crippen LogP contribution in [0.3, 0.4) is 0 Å². The van der Waals surface area contributed by atoms with Gasteiger partial charge in [-0.05, 0) is 31.2 Å². The van der Waals surface area contributed by atoms with Crippen LogP contribution in [0.25, 0.3) is 0 Å². The number of rotatable bonds is 8. The van der Waals surface area contributed by atoms with Crippen molar-refractivity contribution < 1.29 is 4.74 Å². The number of morpholine rings is 1. The standard InChI is InChI=1S/C19H29NO/c1-2-3-4-5-6-10-13-19-17-20(14-15-21-19)16-18-11-8-7-9-12-18/h3-4,7-9,11-12,19H,2,5-6,10,13-17H2,1H3/b4-3+/t19-/m0/s1. The monoisotopic (exact) mass is 287 g/mol. The van der Waals surface area contributed by atoms with Crippen LogP contribution in [0, 0.1) is 0 Å². The molecule has 0 bridgehead atoms. The zero-order chi connectivity index (χ0) is 14.8. The summed E-state index contributed by atoms with van der Waals surface area (Å²) in [7, 11) is 0. The van der Waals surface area contributed by atoms with Crippen molar-refractivity contribution in [3.8, 4) is 0 Å². The molecule has 0 saturated carbocycles. The van der Waals surface area contributed by atoms with Crippen molar-refractivity contribution in [2.24, 2.45) is 0 Å². The van der Waals surface area contributed by atoms with Gasteiger partial charge in [-0.2, -0.15) is 0 Å². The largest absolute Gasteiger partial charge is 0.376 e. The van der Waals surface area contributed by atoms with Crippen molar-refractivity contribution in [3.63, 3.8) is 0 Å². The van der Waals surface area contributed by atoms with Crippen LogP contribution in [0.1, 0.15) is 44.6 Å². The average molecular weight is 287 g/mol. The van der Waals surface area contributed by atoms with E-state index in [1.54, 1.807) is 0 Å². The first kappa shape index (κ1) is 16.3. The molecule has 1 aromatic rings. The molecule has 0 amide bonds. The molecule has 0 N–H and O–H groups in total. The molecule has 1 heterocycles. The lowest BCUT2D eigenvalue weighted by Crippen LogP contribution is -2.41. The second-order valence-electron chi connectivity index (χ2n) is 5.88. The summed E-state index contributed by atoms with van der Waals surface area (Å²) in [5, 5.41) is 0. The van der Waals surface area contributed by atoms with Crippen LogP contribution in [-0.2, 0) is 11.3 Å². The lowest BCUT2D eigenvalue weighted by molar-refractivity contribution is -0.0357. The maximum atomic E-state index is 5.91. The first-order valence-electron chi connectivity index (χ1n) is 8.41. The number of unbranched alkanes of at least 4 members (excludes halogenated alkanes) is 2. The van der Waals surface area contributed by atoms with Gasteiger partial charge < -0.3 is 4.74 Å². The summed E-state index contributed by atoms with van der Waals surface area (Å²) in [4.78, 5) is 2.53. The third-order valence-corrected chi connectivity index (χ3v) is 4.02. The summed E-state index contributed by atoms with van der Waals surface area (Å²) >= 11 is 0. The van der Waals surface area contributed by atoms with Gasteiger partial charge in [0, 0.05) is 19.6 Å². The molecule has 0 aliphatic carbocycles. The van der Waals surface area contributed by atoms with E-state index in [-0.39, 0.29) is 0 Å². The molecular weight excluding hydrogens is 258 g/mol. The summed E-state index contributed by atoms with van der Waals surface area (Å²) in [6.45, 7) is 6.27. The molecule has 1 aromatic carbocycles. The van der Waals surface area contributed by atoms with Crippen molar-refractivity contribution >= 4 is 0 Å². The van der Waals surface area contributed by atoms with Gasteiger partial charge >= 0.3 is 0 Å². The van der Waals surface area contributed by atoms with Crippen molar-refractivity contribution in [1.29, 1.82) is 0 Å². The van der Waals surface area contributed by atoms with E-state index in [4.69, 9.17) is 4.74 Å². The molecule has 0 aromatic heterocycles. The van der Waals surface area contributed by atoms with E-state index >= 15 is 0 Å². The Labute approximate surface area is 129 Å². The molecule has 1 fully saturated rings. The molecule has 116 valence electrons. The van der Waals surface area contributed by atoms with E-state index in [0.717, 1.165) is 32.7 Å². The van der Waals surface area contributed by atoms with Crippen molar-refractivity contribution in [3.05, 3.63) is 48.0 Å². The molecule has 0 spiro atoms. The minimum atomic E-state index is 0.428. The lowest BCUT2D eigenvalue weighted by Gasteiger charge is -2.33. The van der Waals surface area contributed by atoms with Crippen LogP contribution in [0.15, 0.2) is 42.5 Å². The van der Waals surface area contributed by atoms with Gasteiger partial charge in [-0.3, -0.25) is 4.90 Å². The SMILES string of the molecule is CC/C=C/CCCC[C@H]1CN(Cc2ccccc2)CCO1. The Kier molecular flexibility index (Phi) is 7.55. The number of benzene rings is 1. The zero-order valence-corrected chi connectivity index (χ0v) is 13.3. The Balaban J connectivity index is 1.65. The van der Waals surface area contributed by atoms with E-state index < -0.39 is 0 Å². The van der Waals surface area contributed by atoms with Gasteiger partial charge in [0.25, 0.3) is 0 Å². The summed E-state index contributed by atoms with van der Waals surface area (Å²) in [5.74, 6) is 0. The van der Waals surface area contributed by atoms with E-state index in [2.05, 4.69) is 54.3 Å². The maximum absolute atomic E-state index is 5.91. The molecule has 2 rings (SSSR count). The average Bonchev–Trinajstić information content (AvgIpc) is 2.52. The highest BCUT2D eigenvalue weighted by Crippen LogP contribution is 2.15. The highest BCUT2D eigenvalue weighted by Gasteiger charge is 2.19. The zero-order valence-electron chi connectivity index (χ0n) is 13.3. The predicted molar refractivity (Wildman–Crippen MR) is 89.4 cm³/mol. The fraction of sp³-hybridized carbons (Fsp3) is 0.579. The lowest BCUT2D eigenvalue weighted by atomic mass is 10.1. The summed E-state index contributed by atoms with van der Waals surface area (Å²) in [5.41, 5.74) is 1.41. The van der Waals surface area contributed by atoms with Gasteiger partial charge in [0.2, 0.25) is 0 Å². The molecule has 2 heteroatoms. The van der Waals surface area contributed by atoms with Crippen molar-refractivity contribution in [2.45, 2.75) is 51.7 Å². The highest BCUT2D eigenvalue weighted by atomic mass is 16.5. The van der Waals surface area contributed by atoms with Crippen LogP contribution in [0.4, 0.5) is 0 Å². The Morgan fingerprint density at radius 1 is 1.19 bits per heavy atom. The van der Waals surface area contributed by atoms with Crippen LogP contribution in [0.5, 0.6) is 0 Å². The Morgan fingerprint density at radius 3 is 2.86 bits per heavy atom. The van der Waals surface area contributed by atoms with Crippen LogP contribution in [-0.4, -0.2) is 30.7 Å². The Bertz CT molecular complexity index is 401. The number of allylic oxidation sites excluding steroid dienone is 2. The second kappa shape index (κ2) is 9.75. The quantitative estimate of drug-likeness (QED) is 0.518. The topological polar surface area (TPSA) is 12.5 Å². The van der Waals surface area contributed by atoms with Gasteiger partial charge in [-0.25, -0.2) is 0 Å².